The van der Waals surface area contributed by atoms with E-state index in [4.69, 9.17) is 9.47 Å². The number of benzene rings is 3. The summed E-state index contributed by atoms with van der Waals surface area (Å²) in [7, 11) is -3.98. The molecule has 0 saturated heterocycles. The molecule has 0 bridgehead atoms. The third-order valence-electron chi connectivity index (χ3n) is 5.29. The zero-order chi connectivity index (χ0) is 24.6. The lowest BCUT2D eigenvalue weighted by Crippen LogP contribution is -2.41. The lowest BCUT2D eigenvalue weighted by Gasteiger charge is -2.24. The number of carbonyl (C=O) groups is 1. The highest BCUT2D eigenvalue weighted by Gasteiger charge is 2.27. The number of aryl methyl sites for hydroxylation is 1. The Kier molecular flexibility index (Phi) is 8.54. The Morgan fingerprint density at radius 3 is 2.29 bits per heavy atom. The molecule has 1 amide bonds. The van der Waals surface area contributed by atoms with Crippen molar-refractivity contribution in [1.29, 1.82) is 0 Å². The minimum absolute atomic E-state index is 0.0749. The summed E-state index contributed by atoms with van der Waals surface area (Å²) in [5.74, 6) is 0.912. The molecule has 0 saturated carbocycles. The van der Waals surface area contributed by atoms with Crippen LogP contribution < -0.4 is 19.1 Å². The summed E-state index contributed by atoms with van der Waals surface area (Å²) in [4.78, 5) is 12.8. The predicted octanol–water partition coefficient (Wildman–Crippen LogP) is 4.09. The molecule has 0 atom stereocenters. The van der Waals surface area contributed by atoms with Crippen molar-refractivity contribution in [3.05, 3.63) is 83.9 Å². The third kappa shape index (κ3) is 6.29. The maximum Gasteiger partial charge on any atom is 0.264 e. The van der Waals surface area contributed by atoms with Crippen molar-refractivity contribution in [2.24, 2.45) is 0 Å². The Morgan fingerprint density at radius 1 is 0.912 bits per heavy atom. The molecule has 8 heteroatoms. The van der Waals surface area contributed by atoms with Crippen LogP contribution >= 0.6 is 0 Å². The molecule has 180 valence electrons. The maximum atomic E-state index is 13.4. The first-order valence-corrected chi connectivity index (χ1v) is 12.5. The van der Waals surface area contributed by atoms with Gasteiger partial charge in [-0.2, -0.15) is 0 Å². The van der Waals surface area contributed by atoms with Crippen molar-refractivity contribution in [2.75, 3.05) is 30.6 Å². The van der Waals surface area contributed by atoms with E-state index in [9.17, 15) is 13.2 Å². The number of hydrogen-bond donors (Lipinski definition) is 1. The lowest BCUT2D eigenvalue weighted by molar-refractivity contribution is -0.119. The smallest absolute Gasteiger partial charge is 0.264 e. The second-order valence-electron chi connectivity index (χ2n) is 7.65. The van der Waals surface area contributed by atoms with Gasteiger partial charge in [0, 0.05) is 0 Å². The summed E-state index contributed by atoms with van der Waals surface area (Å²) in [6.07, 6.45) is 0. The van der Waals surface area contributed by atoms with Gasteiger partial charge in [-0.3, -0.25) is 9.10 Å². The van der Waals surface area contributed by atoms with Crippen molar-refractivity contribution in [2.45, 2.75) is 25.7 Å². The van der Waals surface area contributed by atoms with Gasteiger partial charge in [0.1, 0.15) is 24.7 Å². The Bertz CT molecular complexity index is 1200. The Labute approximate surface area is 201 Å². The molecule has 1 N–H and O–H groups in total. The topological polar surface area (TPSA) is 84.9 Å². The zero-order valence-electron chi connectivity index (χ0n) is 19.7. The van der Waals surface area contributed by atoms with E-state index in [1.54, 1.807) is 42.5 Å². The van der Waals surface area contributed by atoms with Crippen molar-refractivity contribution >= 4 is 21.6 Å². The van der Waals surface area contributed by atoms with Crippen LogP contribution in [-0.4, -0.2) is 40.6 Å². The summed E-state index contributed by atoms with van der Waals surface area (Å²) in [5.41, 5.74) is 2.57. The zero-order valence-corrected chi connectivity index (χ0v) is 20.5. The molecule has 0 spiro atoms. The van der Waals surface area contributed by atoms with Crippen LogP contribution in [0.4, 0.5) is 5.69 Å². The van der Waals surface area contributed by atoms with Crippen LogP contribution in [0, 0.1) is 13.8 Å². The lowest BCUT2D eigenvalue weighted by atomic mass is 10.1. The molecule has 3 rings (SSSR count). The number of nitrogens with one attached hydrogen (secondary N) is 1. The van der Waals surface area contributed by atoms with Gasteiger partial charge >= 0.3 is 0 Å². The molecule has 3 aromatic rings. The van der Waals surface area contributed by atoms with Gasteiger partial charge in [-0.15, -0.1) is 0 Å². The molecular weight excluding hydrogens is 452 g/mol. The van der Waals surface area contributed by atoms with Crippen LogP contribution in [0.25, 0.3) is 0 Å². The van der Waals surface area contributed by atoms with E-state index in [1.165, 1.54) is 12.1 Å². The third-order valence-corrected chi connectivity index (χ3v) is 7.08. The number of carbonyl (C=O) groups excluding carboxylic acids is 1. The number of ether oxygens (including phenoxy) is 2. The quantitative estimate of drug-likeness (QED) is 0.416. The molecule has 34 heavy (non-hydrogen) atoms. The molecule has 0 unspecified atom stereocenters. The highest BCUT2D eigenvalue weighted by molar-refractivity contribution is 7.92. The van der Waals surface area contributed by atoms with Crippen molar-refractivity contribution < 1.29 is 22.7 Å². The van der Waals surface area contributed by atoms with Crippen LogP contribution in [0.3, 0.4) is 0 Å². The SMILES string of the molecule is CCOc1ccc(S(=O)(=O)N(CC(=O)NCCOc2cccc(C)c2C)c2ccccc2)cc1. The Hall–Kier alpha value is -3.52. The van der Waals surface area contributed by atoms with Crippen LogP contribution in [0.5, 0.6) is 11.5 Å². The van der Waals surface area contributed by atoms with E-state index in [2.05, 4.69) is 5.32 Å². The van der Waals surface area contributed by atoms with E-state index in [0.29, 0.717) is 18.0 Å². The first-order valence-electron chi connectivity index (χ1n) is 11.1. The fourth-order valence-electron chi connectivity index (χ4n) is 3.33. The van der Waals surface area contributed by atoms with Crippen molar-refractivity contribution in [3.63, 3.8) is 0 Å². The number of hydrogen-bond acceptors (Lipinski definition) is 5. The van der Waals surface area contributed by atoms with Gasteiger partial charge in [0.05, 0.1) is 23.7 Å². The van der Waals surface area contributed by atoms with Gasteiger partial charge in [-0.1, -0.05) is 30.3 Å². The standard InChI is InChI=1S/C26H30N2O5S/c1-4-32-23-13-15-24(16-14-23)34(30,31)28(22-10-6-5-7-11-22)19-26(29)27-17-18-33-25-12-8-9-20(2)21(25)3/h5-16H,4,17-19H2,1-3H3,(H,27,29). The monoisotopic (exact) mass is 482 g/mol. The molecule has 3 aromatic carbocycles. The van der Waals surface area contributed by atoms with Crippen LogP contribution in [0.15, 0.2) is 77.7 Å². The summed E-state index contributed by atoms with van der Waals surface area (Å²) in [5, 5.41) is 2.75. The van der Waals surface area contributed by atoms with Crippen LogP contribution in [0.2, 0.25) is 0 Å². The molecule has 0 aliphatic heterocycles. The van der Waals surface area contributed by atoms with Gasteiger partial charge in [-0.05, 0) is 74.4 Å². The van der Waals surface area contributed by atoms with E-state index in [-0.39, 0.29) is 24.6 Å². The normalized spacial score (nSPS) is 11.0. The second kappa shape index (κ2) is 11.6. The Morgan fingerprint density at radius 2 is 1.62 bits per heavy atom. The van der Waals surface area contributed by atoms with E-state index >= 15 is 0 Å². The number of nitrogens with zero attached hydrogens (tertiary/aromatic N) is 1. The number of sulfonamides is 1. The highest BCUT2D eigenvalue weighted by Crippen LogP contribution is 2.25. The summed E-state index contributed by atoms with van der Waals surface area (Å²) >= 11 is 0. The maximum absolute atomic E-state index is 13.4. The summed E-state index contributed by atoms with van der Waals surface area (Å²) < 4.78 is 39.1. The first kappa shape index (κ1) is 25.1. The fourth-order valence-corrected chi connectivity index (χ4v) is 4.75. The van der Waals surface area contributed by atoms with E-state index in [0.717, 1.165) is 21.2 Å². The molecule has 0 aliphatic rings. The van der Waals surface area contributed by atoms with E-state index in [1.807, 2.05) is 39.0 Å². The minimum atomic E-state index is -3.98. The summed E-state index contributed by atoms with van der Waals surface area (Å²) in [6, 6.07) is 20.5. The average Bonchev–Trinajstić information content (AvgIpc) is 2.84. The molecule has 0 aromatic heterocycles. The van der Waals surface area contributed by atoms with Gasteiger partial charge in [-0.25, -0.2) is 8.42 Å². The van der Waals surface area contributed by atoms with Gasteiger partial charge in [0.2, 0.25) is 5.91 Å². The second-order valence-corrected chi connectivity index (χ2v) is 9.51. The first-order chi connectivity index (χ1) is 16.3. The number of amides is 1. The molecule has 7 nitrogen and oxygen atoms in total. The van der Waals surface area contributed by atoms with Gasteiger partial charge in [0.25, 0.3) is 10.0 Å². The number of para-hydroxylation sites is 1. The fraction of sp³-hybridized carbons (Fsp3) is 0.269. The molecule has 0 heterocycles. The predicted molar refractivity (Wildman–Crippen MR) is 133 cm³/mol. The summed E-state index contributed by atoms with van der Waals surface area (Å²) in [6.45, 7) is 6.48. The number of anilines is 1. The largest absolute Gasteiger partial charge is 0.494 e. The molecular formula is C26H30N2O5S. The van der Waals surface area contributed by atoms with Crippen LogP contribution in [0.1, 0.15) is 18.1 Å². The minimum Gasteiger partial charge on any atom is -0.494 e. The molecule has 0 radical (unpaired) electrons. The molecule has 0 fully saturated rings. The van der Waals surface area contributed by atoms with Crippen molar-refractivity contribution in [3.8, 4) is 11.5 Å². The van der Waals surface area contributed by atoms with E-state index < -0.39 is 15.9 Å². The van der Waals surface area contributed by atoms with Crippen LogP contribution in [-0.2, 0) is 14.8 Å². The van der Waals surface area contributed by atoms with Gasteiger partial charge < -0.3 is 14.8 Å². The van der Waals surface area contributed by atoms with Gasteiger partial charge in [0.15, 0.2) is 0 Å². The average molecular weight is 483 g/mol. The van der Waals surface area contributed by atoms with Crippen molar-refractivity contribution in [1.82, 2.24) is 5.32 Å². The number of rotatable bonds is 11. The molecule has 0 aliphatic carbocycles. The highest BCUT2D eigenvalue weighted by atomic mass is 32.2. The Balaban J connectivity index is 1.68.